The van der Waals surface area contributed by atoms with Crippen molar-refractivity contribution in [1.29, 1.82) is 5.26 Å². The van der Waals surface area contributed by atoms with Gasteiger partial charge >= 0.3 is 0 Å². The maximum Gasteiger partial charge on any atom is 0.246 e. The predicted octanol–water partition coefficient (Wildman–Crippen LogP) is 0.701. The summed E-state index contributed by atoms with van der Waals surface area (Å²) in [6.45, 7) is 2.75. The zero-order valence-corrected chi connectivity index (χ0v) is 12.2. The second-order valence-corrected chi connectivity index (χ2v) is 6.92. The lowest BCUT2D eigenvalue weighted by atomic mass is 9.96. The van der Waals surface area contributed by atoms with Gasteiger partial charge in [0.15, 0.2) is 5.69 Å². The van der Waals surface area contributed by atoms with Crippen molar-refractivity contribution in [3.8, 4) is 6.07 Å². The summed E-state index contributed by atoms with van der Waals surface area (Å²) >= 11 is 0. The number of nitriles is 1. The van der Waals surface area contributed by atoms with E-state index in [1.54, 1.807) is 0 Å². The van der Waals surface area contributed by atoms with Crippen molar-refractivity contribution in [1.82, 2.24) is 9.29 Å². The first kappa shape index (κ1) is 14.9. The number of pyridine rings is 1. The normalized spacial score (nSPS) is 24.2. The molecule has 1 aromatic heterocycles. The maximum absolute atomic E-state index is 12.7. The number of aromatic nitrogens is 1. The van der Waals surface area contributed by atoms with E-state index in [9.17, 15) is 8.42 Å². The van der Waals surface area contributed by atoms with Crippen LogP contribution in [0.4, 0.5) is 0 Å². The summed E-state index contributed by atoms with van der Waals surface area (Å²) in [6.07, 6.45) is 3.13. The highest BCUT2D eigenvalue weighted by atomic mass is 32.2. The fourth-order valence-corrected chi connectivity index (χ4v) is 4.32. The van der Waals surface area contributed by atoms with Gasteiger partial charge in [-0.3, -0.25) is 0 Å². The van der Waals surface area contributed by atoms with Crippen molar-refractivity contribution in [2.45, 2.75) is 30.7 Å². The van der Waals surface area contributed by atoms with Gasteiger partial charge in [0.2, 0.25) is 10.0 Å². The standard InChI is InChI=1S/C13H18N4O2S/c1-10-4-5-11(7-14)9-17(10)20(18,19)13-3-2-6-16-12(13)8-15/h2-3,6,10-11H,4-5,7,9,14H2,1H3. The van der Waals surface area contributed by atoms with Crippen LogP contribution in [0.3, 0.4) is 0 Å². The van der Waals surface area contributed by atoms with Crippen molar-refractivity contribution in [2.75, 3.05) is 13.1 Å². The van der Waals surface area contributed by atoms with E-state index in [4.69, 9.17) is 11.0 Å². The van der Waals surface area contributed by atoms with Crippen LogP contribution in [0.5, 0.6) is 0 Å². The number of rotatable bonds is 3. The molecule has 0 radical (unpaired) electrons. The molecule has 20 heavy (non-hydrogen) atoms. The Morgan fingerprint density at radius 2 is 2.30 bits per heavy atom. The Kier molecular flexibility index (Phi) is 4.38. The van der Waals surface area contributed by atoms with Gasteiger partial charge in [-0.05, 0) is 44.4 Å². The molecule has 1 aliphatic rings. The SMILES string of the molecule is CC1CCC(CN)CN1S(=O)(=O)c1cccnc1C#N. The summed E-state index contributed by atoms with van der Waals surface area (Å²) < 4.78 is 26.9. The van der Waals surface area contributed by atoms with Crippen LogP contribution in [-0.2, 0) is 10.0 Å². The quantitative estimate of drug-likeness (QED) is 0.884. The minimum absolute atomic E-state index is 0.0213. The van der Waals surface area contributed by atoms with Gasteiger partial charge < -0.3 is 5.73 Å². The van der Waals surface area contributed by atoms with Crippen LogP contribution in [0.2, 0.25) is 0 Å². The minimum Gasteiger partial charge on any atom is -0.330 e. The van der Waals surface area contributed by atoms with Crippen molar-refractivity contribution in [3.05, 3.63) is 24.0 Å². The monoisotopic (exact) mass is 294 g/mol. The van der Waals surface area contributed by atoms with E-state index in [2.05, 4.69) is 4.98 Å². The van der Waals surface area contributed by atoms with E-state index in [0.29, 0.717) is 13.1 Å². The first-order chi connectivity index (χ1) is 9.50. The highest BCUT2D eigenvalue weighted by Crippen LogP contribution is 2.28. The first-order valence-electron chi connectivity index (χ1n) is 6.57. The van der Waals surface area contributed by atoms with Gasteiger partial charge in [0.05, 0.1) is 0 Å². The van der Waals surface area contributed by atoms with Crippen molar-refractivity contribution in [3.63, 3.8) is 0 Å². The fourth-order valence-electron chi connectivity index (χ4n) is 2.48. The third kappa shape index (κ3) is 2.68. The van der Waals surface area contributed by atoms with E-state index in [-0.39, 0.29) is 22.5 Å². The van der Waals surface area contributed by atoms with Gasteiger partial charge in [0.25, 0.3) is 0 Å². The van der Waals surface area contributed by atoms with Crippen molar-refractivity contribution >= 4 is 10.0 Å². The molecular formula is C13H18N4O2S. The molecule has 2 unspecified atom stereocenters. The zero-order chi connectivity index (χ0) is 14.8. The van der Waals surface area contributed by atoms with E-state index in [1.807, 2.05) is 13.0 Å². The molecule has 2 atom stereocenters. The zero-order valence-electron chi connectivity index (χ0n) is 11.4. The lowest BCUT2D eigenvalue weighted by molar-refractivity contribution is 0.211. The number of hydrogen-bond donors (Lipinski definition) is 1. The molecule has 108 valence electrons. The molecule has 1 aromatic rings. The molecule has 0 aromatic carbocycles. The molecule has 1 fully saturated rings. The Morgan fingerprint density at radius 3 is 2.95 bits per heavy atom. The second kappa shape index (κ2) is 5.87. The maximum atomic E-state index is 12.7. The molecule has 6 nitrogen and oxygen atoms in total. The molecular weight excluding hydrogens is 276 g/mol. The van der Waals surface area contributed by atoms with E-state index in [1.165, 1.54) is 22.6 Å². The Balaban J connectivity index is 2.41. The van der Waals surface area contributed by atoms with Gasteiger partial charge in [-0.1, -0.05) is 0 Å². The molecule has 0 bridgehead atoms. The number of hydrogen-bond acceptors (Lipinski definition) is 5. The van der Waals surface area contributed by atoms with Gasteiger partial charge in [-0.15, -0.1) is 0 Å². The largest absolute Gasteiger partial charge is 0.330 e. The summed E-state index contributed by atoms with van der Waals surface area (Å²) in [5.74, 6) is 0.170. The van der Waals surface area contributed by atoms with Gasteiger partial charge in [-0.2, -0.15) is 9.57 Å². The summed E-state index contributed by atoms with van der Waals surface area (Å²) in [7, 11) is -3.70. The Hall–Kier alpha value is -1.49. The average molecular weight is 294 g/mol. The van der Waals surface area contributed by atoms with Crippen LogP contribution >= 0.6 is 0 Å². The average Bonchev–Trinajstić information content (AvgIpc) is 2.47. The number of nitrogens with zero attached hydrogens (tertiary/aromatic N) is 3. The van der Waals surface area contributed by atoms with Crippen LogP contribution in [0.15, 0.2) is 23.2 Å². The highest BCUT2D eigenvalue weighted by molar-refractivity contribution is 7.89. The fraction of sp³-hybridized carbons (Fsp3) is 0.538. The summed E-state index contributed by atoms with van der Waals surface area (Å²) in [5.41, 5.74) is 5.60. The number of sulfonamides is 1. The smallest absolute Gasteiger partial charge is 0.246 e. The van der Waals surface area contributed by atoms with Gasteiger partial charge in [-0.25, -0.2) is 13.4 Å². The third-order valence-corrected chi connectivity index (χ3v) is 5.73. The number of piperidine rings is 1. The van der Waals surface area contributed by atoms with Crippen LogP contribution in [0, 0.1) is 17.2 Å². The summed E-state index contributed by atoms with van der Waals surface area (Å²) in [4.78, 5) is 3.81. The molecule has 2 rings (SSSR count). The first-order valence-corrected chi connectivity index (χ1v) is 8.01. The molecule has 0 spiro atoms. The Morgan fingerprint density at radius 1 is 1.55 bits per heavy atom. The van der Waals surface area contributed by atoms with Gasteiger partial charge in [0.1, 0.15) is 11.0 Å². The van der Waals surface area contributed by atoms with Crippen LogP contribution < -0.4 is 5.73 Å². The molecule has 1 saturated heterocycles. The van der Waals surface area contributed by atoms with Crippen LogP contribution in [0.25, 0.3) is 0 Å². The Labute approximate surface area is 119 Å². The van der Waals surface area contributed by atoms with Gasteiger partial charge in [0, 0.05) is 18.8 Å². The lowest BCUT2D eigenvalue weighted by Gasteiger charge is -2.36. The van der Waals surface area contributed by atoms with Crippen LogP contribution in [-0.4, -0.2) is 36.8 Å². The molecule has 2 N–H and O–H groups in total. The lowest BCUT2D eigenvalue weighted by Crippen LogP contribution is -2.47. The summed E-state index contributed by atoms with van der Waals surface area (Å²) in [6, 6.07) is 4.71. The minimum atomic E-state index is -3.70. The van der Waals surface area contributed by atoms with Crippen molar-refractivity contribution in [2.24, 2.45) is 11.7 Å². The second-order valence-electron chi connectivity index (χ2n) is 5.06. The van der Waals surface area contributed by atoms with E-state index < -0.39 is 10.0 Å². The topological polar surface area (TPSA) is 100 Å². The summed E-state index contributed by atoms with van der Waals surface area (Å²) in [5, 5.41) is 9.03. The van der Waals surface area contributed by atoms with Crippen LogP contribution in [0.1, 0.15) is 25.5 Å². The van der Waals surface area contributed by atoms with E-state index in [0.717, 1.165) is 12.8 Å². The van der Waals surface area contributed by atoms with Crippen molar-refractivity contribution < 1.29 is 8.42 Å². The molecule has 0 amide bonds. The molecule has 0 aliphatic carbocycles. The molecule has 7 heteroatoms. The molecule has 2 heterocycles. The third-order valence-electron chi connectivity index (χ3n) is 3.72. The predicted molar refractivity (Wildman–Crippen MR) is 74.1 cm³/mol. The molecule has 1 aliphatic heterocycles. The van der Waals surface area contributed by atoms with E-state index >= 15 is 0 Å². The highest BCUT2D eigenvalue weighted by Gasteiger charge is 2.35. The number of nitrogens with two attached hydrogens (primary N) is 1. The Bertz CT molecular complexity index is 624. The molecule has 0 saturated carbocycles.